The summed E-state index contributed by atoms with van der Waals surface area (Å²) >= 11 is 0. The van der Waals surface area contributed by atoms with Crippen molar-refractivity contribution >= 4 is 5.97 Å². The Labute approximate surface area is 106 Å². The fourth-order valence-electron chi connectivity index (χ4n) is 1.37. The summed E-state index contributed by atoms with van der Waals surface area (Å²) in [6.45, 7) is 3.70. The molecule has 1 rings (SSSR count). The topological polar surface area (TPSA) is 78.8 Å². The third kappa shape index (κ3) is 5.65. The fraction of sp³-hybridized carbons (Fsp3) is 0.462. The van der Waals surface area contributed by atoms with Gasteiger partial charge in [0.25, 0.3) is 0 Å². The largest absolute Gasteiger partial charge is 0.492 e. The zero-order valence-corrected chi connectivity index (χ0v) is 10.4. The van der Waals surface area contributed by atoms with Gasteiger partial charge in [0.2, 0.25) is 0 Å². The molecule has 5 nitrogen and oxygen atoms in total. The smallest absolute Gasteiger partial charge is 0.335 e. The van der Waals surface area contributed by atoms with Crippen LogP contribution in [0.4, 0.5) is 0 Å². The molecule has 0 aliphatic rings. The van der Waals surface area contributed by atoms with Crippen molar-refractivity contribution in [3.63, 3.8) is 0 Å². The Morgan fingerprint density at radius 2 is 2.00 bits per heavy atom. The Bertz CT molecular complexity index is 362. The number of aliphatic hydroxyl groups excluding tert-OH is 1. The van der Waals surface area contributed by atoms with Gasteiger partial charge in [-0.15, -0.1) is 0 Å². The van der Waals surface area contributed by atoms with Crippen LogP contribution in [0.25, 0.3) is 0 Å². The number of carbonyl (C=O) groups is 1. The van der Waals surface area contributed by atoms with Crippen LogP contribution >= 0.6 is 0 Å². The van der Waals surface area contributed by atoms with Gasteiger partial charge in [0.15, 0.2) is 0 Å². The van der Waals surface area contributed by atoms with Gasteiger partial charge in [-0.3, -0.25) is 0 Å². The van der Waals surface area contributed by atoms with Crippen molar-refractivity contribution in [1.29, 1.82) is 0 Å². The molecule has 0 fully saturated rings. The number of rotatable bonds is 8. The van der Waals surface area contributed by atoms with Crippen molar-refractivity contribution < 1.29 is 19.7 Å². The molecule has 100 valence electrons. The highest BCUT2D eigenvalue weighted by Crippen LogP contribution is 2.11. The molecule has 1 atom stereocenters. The first-order chi connectivity index (χ1) is 8.59. The monoisotopic (exact) mass is 253 g/mol. The van der Waals surface area contributed by atoms with Crippen molar-refractivity contribution in [2.75, 3.05) is 19.7 Å². The zero-order valence-electron chi connectivity index (χ0n) is 10.4. The average Bonchev–Trinajstić information content (AvgIpc) is 2.34. The van der Waals surface area contributed by atoms with E-state index in [1.54, 1.807) is 19.1 Å². The molecule has 0 aliphatic carbocycles. The highest BCUT2D eigenvalue weighted by Gasteiger charge is 2.01. The number of nitrogens with one attached hydrogen (secondary N) is 1. The summed E-state index contributed by atoms with van der Waals surface area (Å²) in [4.78, 5) is 10.6. The minimum atomic E-state index is -0.943. The molecule has 0 saturated carbocycles. The van der Waals surface area contributed by atoms with Crippen LogP contribution in [0, 0.1) is 0 Å². The second-order valence-electron chi connectivity index (χ2n) is 4.07. The van der Waals surface area contributed by atoms with E-state index >= 15 is 0 Å². The van der Waals surface area contributed by atoms with Gasteiger partial charge in [0, 0.05) is 6.54 Å². The van der Waals surface area contributed by atoms with Crippen LogP contribution in [0.3, 0.4) is 0 Å². The maximum atomic E-state index is 10.6. The van der Waals surface area contributed by atoms with Gasteiger partial charge in [-0.25, -0.2) is 4.79 Å². The molecular formula is C13H19NO4. The van der Waals surface area contributed by atoms with Crippen molar-refractivity contribution in [3.8, 4) is 5.75 Å². The highest BCUT2D eigenvalue weighted by atomic mass is 16.5. The minimum Gasteiger partial charge on any atom is -0.492 e. The molecular weight excluding hydrogens is 234 g/mol. The number of hydrogen-bond acceptors (Lipinski definition) is 4. The second kappa shape index (κ2) is 7.68. The van der Waals surface area contributed by atoms with Gasteiger partial charge in [-0.2, -0.15) is 0 Å². The van der Waals surface area contributed by atoms with E-state index in [4.69, 9.17) is 14.9 Å². The van der Waals surface area contributed by atoms with Crippen LogP contribution in [-0.2, 0) is 0 Å². The quantitative estimate of drug-likeness (QED) is 0.605. The molecule has 0 aromatic heterocycles. The third-order valence-corrected chi connectivity index (χ3v) is 2.39. The Kier molecular flexibility index (Phi) is 6.18. The zero-order chi connectivity index (χ0) is 13.4. The molecule has 0 radical (unpaired) electrons. The summed E-state index contributed by atoms with van der Waals surface area (Å²) < 4.78 is 5.43. The SMILES string of the molecule is CC(O)CCNCCOc1ccc(C(=O)O)cc1. The molecule has 0 bridgehead atoms. The van der Waals surface area contributed by atoms with Gasteiger partial charge >= 0.3 is 5.97 Å². The molecule has 0 saturated heterocycles. The van der Waals surface area contributed by atoms with E-state index in [2.05, 4.69) is 5.32 Å². The highest BCUT2D eigenvalue weighted by molar-refractivity contribution is 5.87. The van der Waals surface area contributed by atoms with E-state index in [1.165, 1.54) is 12.1 Å². The summed E-state index contributed by atoms with van der Waals surface area (Å²) in [7, 11) is 0. The van der Waals surface area contributed by atoms with E-state index in [0.717, 1.165) is 6.54 Å². The molecule has 5 heteroatoms. The molecule has 0 amide bonds. The molecule has 0 spiro atoms. The average molecular weight is 253 g/mol. The van der Waals surface area contributed by atoms with Crippen molar-refractivity contribution in [1.82, 2.24) is 5.32 Å². The first-order valence-corrected chi connectivity index (χ1v) is 5.94. The lowest BCUT2D eigenvalue weighted by Gasteiger charge is -2.08. The Hall–Kier alpha value is -1.59. The number of aromatic carboxylic acids is 1. The summed E-state index contributed by atoms with van der Waals surface area (Å²) in [5, 5.41) is 20.9. The van der Waals surface area contributed by atoms with E-state index in [1.807, 2.05) is 0 Å². The standard InChI is InChI=1S/C13H19NO4/c1-10(15)6-7-14-8-9-18-12-4-2-11(3-5-12)13(16)17/h2-5,10,14-15H,6-9H2,1H3,(H,16,17). The van der Waals surface area contributed by atoms with E-state index in [9.17, 15) is 4.79 Å². The van der Waals surface area contributed by atoms with Gasteiger partial charge in [0.1, 0.15) is 12.4 Å². The number of aliphatic hydroxyl groups is 1. The molecule has 1 unspecified atom stereocenters. The Balaban J connectivity index is 2.17. The first kappa shape index (κ1) is 14.5. The molecule has 0 aliphatic heterocycles. The predicted molar refractivity (Wildman–Crippen MR) is 68.1 cm³/mol. The second-order valence-corrected chi connectivity index (χ2v) is 4.07. The van der Waals surface area contributed by atoms with Gasteiger partial charge in [0.05, 0.1) is 11.7 Å². The fourth-order valence-corrected chi connectivity index (χ4v) is 1.37. The molecule has 3 N–H and O–H groups in total. The van der Waals surface area contributed by atoms with Gasteiger partial charge in [-0.1, -0.05) is 0 Å². The number of ether oxygens (including phenoxy) is 1. The summed E-state index contributed by atoms with van der Waals surface area (Å²) in [5.41, 5.74) is 0.248. The number of hydrogen-bond donors (Lipinski definition) is 3. The molecule has 0 heterocycles. The summed E-state index contributed by atoms with van der Waals surface area (Å²) in [5.74, 6) is -0.293. The van der Waals surface area contributed by atoms with E-state index < -0.39 is 5.97 Å². The lowest BCUT2D eigenvalue weighted by atomic mass is 10.2. The van der Waals surface area contributed by atoms with Gasteiger partial charge < -0.3 is 20.3 Å². The van der Waals surface area contributed by atoms with Crippen LogP contribution in [0.5, 0.6) is 5.75 Å². The predicted octanol–water partition coefficient (Wildman–Crippen LogP) is 1.12. The first-order valence-electron chi connectivity index (χ1n) is 5.94. The number of benzene rings is 1. The maximum absolute atomic E-state index is 10.6. The minimum absolute atomic E-state index is 0.248. The van der Waals surface area contributed by atoms with E-state index in [-0.39, 0.29) is 11.7 Å². The van der Waals surface area contributed by atoms with E-state index in [0.29, 0.717) is 25.3 Å². The van der Waals surface area contributed by atoms with Crippen LogP contribution in [0.15, 0.2) is 24.3 Å². The number of carboxylic acids is 1. The third-order valence-electron chi connectivity index (χ3n) is 2.39. The lowest BCUT2D eigenvalue weighted by molar-refractivity contribution is 0.0697. The number of carboxylic acid groups (broad SMARTS) is 1. The van der Waals surface area contributed by atoms with Crippen LogP contribution < -0.4 is 10.1 Å². The maximum Gasteiger partial charge on any atom is 0.335 e. The molecule has 1 aromatic rings. The Morgan fingerprint density at radius 1 is 1.33 bits per heavy atom. The summed E-state index contributed by atoms with van der Waals surface area (Å²) in [6.07, 6.45) is 0.426. The summed E-state index contributed by atoms with van der Waals surface area (Å²) in [6, 6.07) is 6.30. The molecule has 18 heavy (non-hydrogen) atoms. The van der Waals surface area contributed by atoms with Crippen molar-refractivity contribution in [2.45, 2.75) is 19.4 Å². The molecule has 1 aromatic carbocycles. The van der Waals surface area contributed by atoms with Crippen LogP contribution in [0.2, 0.25) is 0 Å². The van der Waals surface area contributed by atoms with Crippen molar-refractivity contribution in [3.05, 3.63) is 29.8 Å². The van der Waals surface area contributed by atoms with Crippen LogP contribution in [0.1, 0.15) is 23.7 Å². The normalized spacial score (nSPS) is 12.1. The Morgan fingerprint density at radius 3 is 2.56 bits per heavy atom. The van der Waals surface area contributed by atoms with Gasteiger partial charge in [-0.05, 0) is 44.2 Å². The van der Waals surface area contributed by atoms with Crippen LogP contribution in [-0.4, -0.2) is 42.0 Å². The van der Waals surface area contributed by atoms with Crippen molar-refractivity contribution in [2.24, 2.45) is 0 Å². The lowest BCUT2D eigenvalue weighted by Crippen LogP contribution is -2.24.